The second-order valence-electron chi connectivity index (χ2n) is 4.93. The molecule has 0 aliphatic rings. The summed E-state index contributed by atoms with van der Waals surface area (Å²) in [4.78, 5) is 11.2. The maximum Gasteiger partial charge on any atom is 0.0547 e. The lowest BCUT2D eigenvalue weighted by Gasteiger charge is -2.20. The van der Waals surface area contributed by atoms with E-state index < -0.39 is 0 Å². The molecule has 106 valence electrons. The molecular formula is C16H22N4. The highest BCUT2D eigenvalue weighted by atomic mass is 15.1. The highest BCUT2D eigenvalue weighted by Gasteiger charge is 2.07. The van der Waals surface area contributed by atoms with Crippen molar-refractivity contribution in [1.82, 2.24) is 14.9 Å². The van der Waals surface area contributed by atoms with Gasteiger partial charge in [-0.15, -0.1) is 0 Å². The van der Waals surface area contributed by atoms with Crippen molar-refractivity contribution in [3.8, 4) is 0 Å². The van der Waals surface area contributed by atoms with E-state index in [-0.39, 0.29) is 0 Å². The third kappa shape index (κ3) is 4.11. The molecule has 2 heterocycles. The molecule has 0 unspecified atom stereocenters. The van der Waals surface area contributed by atoms with Crippen LogP contribution in [0.4, 0.5) is 0 Å². The number of aryl methyl sites for hydroxylation is 1. The van der Waals surface area contributed by atoms with Gasteiger partial charge in [0.1, 0.15) is 0 Å². The van der Waals surface area contributed by atoms with Crippen molar-refractivity contribution in [3.05, 3.63) is 59.2 Å². The molecule has 2 aromatic heterocycles. The second kappa shape index (κ2) is 7.12. The highest BCUT2D eigenvalue weighted by Crippen LogP contribution is 2.09. The zero-order valence-corrected chi connectivity index (χ0v) is 12.2. The fourth-order valence-corrected chi connectivity index (χ4v) is 2.19. The van der Waals surface area contributed by atoms with Crippen molar-refractivity contribution in [3.63, 3.8) is 0 Å². The van der Waals surface area contributed by atoms with E-state index in [0.717, 1.165) is 36.7 Å². The third-order valence-electron chi connectivity index (χ3n) is 3.28. The normalized spacial score (nSPS) is 11.0. The summed E-state index contributed by atoms with van der Waals surface area (Å²) in [5.74, 6) is 0. The van der Waals surface area contributed by atoms with Crippen molar-refractivity contribution in [1.29, 1.82) is 0 Å². The molecule has 0 atom stereocenters. The van der Waals surface area contributed by atoms with Gasteiger partial charge in [0, 0.05) is 31.5 Å². The van der Waals surface area contributed by atoms with Gasteiger partial charge in [0.05, 0.1) is 11.4 Å². The Kier molecular flexibility index (Phi) is 5.21. The summed E-state index contributed by atoms with van der Waals surface area (Å²) in [5.41, 5.74) is 9.99. The molecule has 0 saturated heterocycles. The summed E-state index contributed by atoms with van der Waals surface area (Å²) < 4.78 is 0. The van der Waals surface area contributed by atoms with Crippen LogP contribution in [0.1, 0.15) is 29.6 Å². The highest BCUT2D eigenvalue weighted by molar-refractivity contribution is 5.16. The van der Waals surface area contributed by atoms with Crippen molar-refractivity contribution in [2.75, 3.05) is 6.54 Å². The van der Waals surface area contributed by atoms with E-state index in [0.29, 0.717) is 6.54 Å². The van der Waals surface area contributed by atoms with Gasteiger partial charge in [-0.2, -0.15) is 0 Å². The smallest absolute Gasteiger partial charge is 0.0547 e. The number of aromatic nitrogens is 2. The van der Waals surface area contributed by atoms with Crippen LogP contribution in [0.5, 0.6) is 0 Å². The molecule has 0 amide bonds. The standard InChI is InChI=1S/C16H22N4/c1-3-20(12-15-6-4-5-13(2)19-15)11-14-7-8-18-16(9-14)10-17/h4-9H,3,10-12,17H2,1-2H3. The Morgan fingerprint density at radius 1 is 1.15 bits per heavy atom. The molecule has 0 aliphatic heterocycles. The quantitative estimate of drug-likeness (QED) is 0.875. The maximum atomic E-state index is 5.64. The minimum Gasteiger partial charge on any atom is -0.325 e. The lowest BCUT2D eigenvalue weighted by atomic mass is 10.2. The summed E-state index contributed by atoms with van der Waals surface area (Å²) >= 11 is 0. The largest absolute Gasteiger partial charge is 0.325 e. The lowest BCUT2D eigenvalue weighted by molar-refractivity contribution is 0.268. The van der Waals surface area contributed by atoms with Crippen LogP contribution in [-0.4, -0.2) is 21.4 Å². The van der Waals surface area contributed by atoms with Crippen LogP contribution in [0.15, 0.2) is 36.5 Å². The molecule has 0 aliphatic carbocycles. The summed E-state index contributed by atoms with van der Waals surface area (Å²) in [6, 6.07) is 10.3. The van der Waals surface area contributed by atoms with E-state index in [2.05, 4.69) is 40.0 Å². The SMILES string of the molecule is CCN(Cc1ccnc(CN)c1)Cc1cccc(C)n1. The Labute approximate surface area is 120 Å². The predicted octanol–water partition coefficient (Wildman–Crippen LogP) is 2.27. The minimum atomic E-state index is 0.486. The lowest BCUT2D eigenvalue weighted by Crippen LogP contribution is -2.23. The molecule has 20 heavy (non-hydrogen) atoms. The van der Waals surface area contributed by atoms with Crippen LogP contribution in [0.2, 0.25) is 0 Å². The van der Waals surface area contributed by atoms with Crippen molar-refractivity contribution in [2.45, 2.75) is 33.5 Å². The van der Waals surface area contributed by atoms with Gasteiger partial charge in [-0.3, -0.25) is 14.9 Å². The number of hydrogen-bond acceptors (Lipinski definition) is 4. The second-order valence-corrected chi connectivity index (χ2v) is 4.93. The fraction of sp³-hybridized carbons (Fsp3) is 0.375. The predicted molar refractivity (Wildman–Crippen MR) is 80.9 cm³/mol. The molecular weight excluding hydrogens is 248 g/mol. The average Bonchev–Trinajstić information content (AvgIpc) is 2.47. The summed E-state index contributed by atoms with van der Waals surface area (Å²) in [5, 5.41) is 0. The molecule has 4 heteroatoms. The Balaban J connectivity index is 2.05. The number of pyridine rings is 2. The van der Waals surface area contributed by atoms with E-state index >= 15 is 0 Å². The van der Waals surface area contributed by atoms with Crippen LogP contribution in [0, 0.1) is 6.92 Å². The number of nitrogens with two attached hydrogens (primary N) is 1. The first kappa shape index (κ1) is 14.6. The Morgan fingerprint density at radius 2 is 2.00 bits per heavy atom. The van der Waals surface area contributed by atoms with Crippen LogP contribution in [0.25, 0.3) is 0 Å². The molecule has 2 aromatic rings. The van der Waals surface area contributed by atoms with Crippen molar-refractivity contribution in [2.24, 2.45) is 5.73 Å². The van der Waals surface area contributed by atoms with Crippen molar-refractivity contribution >= 4 is 0 Å². The van der Waals surface area contributed by atoms with Crippen molar-refractivity contribution < 1.29 is 0 Å². The molecule has 0 bridgehead atoms. The Hall–Kier alpha value is -1.78. The van der Waals surface area contributed by atoms with Gasteiger partial charge in [-0.05, 0) is 43.3 Å². The number of rotatable bonds is 6. The first-order valence-corrected chi connectivity index (χ1v) is 7.00. The molecule has 4 nitrogen and oxygen atoms in total. The average molecular weight is 270 g/mol. The Bertz CT molecular complexity index is 554. The summed E-state index contributed by atoms with van der Waals surface area (Å²) in [6.45, 7) is 7.41. The zero-order valence-electron chi connectivity index (χ0n) is 12.2. The van der Waals surface area contributed by atoms with Gasteiger partial charge >= 0.3 is 0 Å². The number of hydrogen-bond donors (Lipinski definition) is 1. The summed E-state index contributed by atoms with van der Waals surface area (Å²) in [6.07, 6.45) is 1.83. The first-order valence-electron chi connectivity index (χ1n) is 7.00. The summed E-state index contributed by atoms with van der Waals surface area (Å²) in [7, 11) is 0. The van der Waals surface area contributed by atoms with Gasteiger partial charge in [0.15, 0.2) is 0 Å². The van der Waals surface area contributed by atoms with Crippen LogP contribution >= 0.6 is 0 Å². The third-order valence-corrected chi connectivity index (χ3v) is 3.28. The topological polar surface area (TPSA) is 55.0 Å². The maximum absolute atomic E-state index is 5.64. The van der Waals surface area contributed by atoms with Gasteiger partial charge in [0.25, 0.3) is 0 Å². The van der Waals surface area contributed by atoms with Gasteiger partial charge in [-0.25, -0.2) is 0 Å². The van der Waals surface area contributed by atoms with Gasteiger partial charge in [-0.1, -0.05) is 13.0 Å². The number of nitrogens with zero attached hydrogens (tertiary/aromatic N) is 3. The van der Waals surface area contributed by atoms with Crippen LogP contribution in [-0.2, 0) is 19.6 Å². The molecule has 0 fully saturated rings. The van der Waals surface area contributed by atoms with E-state index in [1.165, 1.54) is 5.56 Å². The first-order chi connectivity index (χ1) is 9.71. The molecule has 2 rings (SSSR count). The van der Waals surface area contributed by atoms with Gasteiger partial charge in [0.2, 0.25) is 0 Å². The zero-order chi connectivity index (χ0) is 14.4. The molecule has 0 radical (unpaired) electrons. The molecule has 0 aromatic carbocycles. The monoisotopic (exact) mass is 270 g/mol. The Morgan fingerprint density at radius 3 is 2.70 bits per heavy atom. The minimum absolute atomic E-state index is 0.486. The van der Waals surface area contributed by atoms with E-state index in [1.54, 1.807) is 0 Å². The molecule has 0 spiro atoms. The molecule has 0 saturated carbocycles. The van der Waals surface area contributed by atoms with E-state index in [9.17, 15) is 0 Å². The van der Waals surface area contributed by atoms with Gasteiger partial charge < -0.3 is 5.73 Å². The molecule has 2 N–H and O–H groups in total. The van der Waals surface area contributed by atoms with Crippen LogP contribution < -0.4 is 5.73 Å². The van der Waals surface area contributed by atoms with Crippen LogP contribution in [0.3, 0.4) is 0 Å². The fourth-order valence-electron chi connectivity index (χ4n) is 2.19. The van der Waals surface area contributed by atoms with E-state index in [4.69, 9.17) is 5.73 Å². The van der Waals surface area contributed by atoms with E-state index in [1.807, 2.05) is 25.3 Å².